The predicted octanol–water partition coefficient (Wildman–Crippen LogP) is 5.13. The van der Waals surface area contributed by atoms with E-state index in [0.29, 0.717) is 11.5 Å². The number of hydrogen-bond donors (Lipinski definition) is 1. The topological polar surface area (TPSA) is 72.8 Å². The minimum Gasteiger partial charge on any atom is -0.457 e. The first kappa shape index (κ1) is 18.0. The molecule has 0 spiro atoms. The monoisotopic (exact) mass is 370 g/mol. The van der Waals surface area contributed by atoms with Crippen LogP contribution in [0.1, 0.15) is 11.1 Å². The molecule has 6 heteroatoms. The second-order valence-electron chi connectivity index (χ2n) is 5.91. The molecular weight excluding hydrogens is 352 g/mol. The Labute approximate surface area is 152 Å². The van der Waals surface area contributed by atoms with E-state index in [9.17, 15) is 13.0 Å². The van der Waals surface area contributed by atoms with Gasteiger partial charge in [-0.1, -0.05) is 35.4 Å². The van der Waals surface area contributed by atoms with E-state index < -0.39 is 10.1 Å². The molecule has 3 aromatic rings. The molecule has 0 unspecified atom stereocenters. The molecule has 0 bridgehead atoms. The van der Waals surface area contributed by atoms with Gasteiger partial charge in [0.25, 0.3) is 10.1 Å². The molecule has 0 amide bonds. The lowest BCUT2D eigenvalue weighted by molar-refractivity contribution is 0.441. The van der Waals surface area contributed by atoms with Crippen molar-refractivity contribution in [2.45, 2.75) is 18.7 Å². The van der Waals surface area contributed by atoms with Crippen LogP contribution in [0.3, 0.4) is 0 Å². The van der Waals surface area contributed by atoms with E-state index in [4.69, 9.17) is 9.47 Å². The third-order valence-electron chi connectivity index (χ3n) is 3.70. The number of aryl methyl sites for hydroxylation is 2. The quantitative estimate of drug-likeness (QED) is 0.630. The number of rotatable bonds is 5. The van der Waals surface area contributed by atoms with Gasteiger partial charge in [0.05, 0.1) is 0 Å². The fourth-order valence-electron chi connectivity index (χ4n) is 2.31. The Kier molecular flexibility index (Phi) is 4.97. The van der Waals surface area contributed by atoms with Crippen molar-refractivity contribution in [2.24, 2.45) is 0 Å². The maximum atomic E-state index is 11.8. The van der Waals surface area contributed by atoms with E-state index in [1.54, 1.807) is 30.3 Å². The Hall–Kier alpha value is -2.83. The first-order valence-electron chi connectivity index (χ1n) is 7.92. The van der Waals surface area contributed by atoms with Crippen molar-refractivity contribution in [3.63, 3.8) is 0 Å². The second kappa shape index (κ2) is 7.19. The zero-order valence-electron chi connectivity index (χ0n) is 14.3. The maximum Gasteiger partial charge on any atom is 0.298 e. The zero-order chi connectivity index (χ0) is 18.7. The van der Waals surface area contributed by atoms with Gasteiger partial charge in [0.2, 0.25) is 0 Å². The average Bonchev–Trinajstić information content (AvgIpc) is 2.59. The second-order valence-corrected chi connectivity index (χ2v) is 7.30. The summed E-state index contributed by atoms with van der Waals surface area (Å²) in [5.74, 6) is 1.32. The summed E-state index contributed by atoms with van der Waals surface area (Å²) >= 11 is 0. The van der Waals surface area contributed by atoms with Gasteiger partial charge in [-0.05, 0) is 50.2 Å². The summed E-state index contributed by atoms with van der Waals surface area (Å²) in [5, 5.41) is 0. The molecule has 0 atom stereocenters. The Balaban J connectivity index is 1.93. The van der Waals surface area contributed by atoms with Crippen LogP contribution in [0, 0.1) is 13.8 Å². The summed E-state index contributed by atoms with van der Waals surface area (Å²) in [6.45, 7) is 3.89. The standard InChI is InChI=1S/C20H18O5S/c1-14-3-7-16(8-4-14)24-18-11-12-19(20(13-18)26(21,22)23)25-17-9-5-15(2)6-10-17/h3-13H,1-2H3,(H,21,22,23). The number of ether oxygens (including phenoxy) is 2. The van der Waals surface area contributed by atoms with Crippen molar-refractivity contribution < 1.29 is 22.4 Å². The van der Waals surface area contributed by atoms with Crippen LogP contribution in [0.4, 0.5) is 0 Å². The molecule has 26 heavy (non-hydrogen) atoms. The predicted molar refractivity (Wildman–Crippen MR) is 98.8 cm³/mol. The SMILES string of the molecule is Cc1ccc(Oc2ccc(Oc3ccc(C)cc3)c(S(=O)(=O)O)c2)cc1. The minimum absolute atomic E-state index is 0.0209. The van der Waals surface area contributed by atoms with Gasteiger partial charge < -0.3 is 9.47 Å². The molecular formula is C20H18O5S. The average molecular weight is 370 g/mol. The summed E-state index contributed by atoms with van der Waals surface area (Å²) in [7, 11) is -4.49. The van der Waals surface area contributed by atoms with Crippen LogP contribution in [0.25, 0.3) is 0 Å². The van der Waals surface area contributed by atoms with Crippen LogP contribution in [0.5, 0.6) is 23.0 Å². The minimum atomic E-state index is -4.49. The molecule has 134 valence electrons. The smallest absolute Gasteiger partial charge is 0.298 e. The van der Waals surface area contributed by atoms with Crippen molar-refractivity contribution in [3.05, 3.63) is 77.9 Å². The van der Waals surface area contributed by atoms with Crippen molar-refractivity contribution >= 4 is 10.1 Å². The van der Waals surface area contributed by atoms with Gasteiger partial charge in [-0.2, -0.15) is 8.42 Å². The van der Waals surface area contributed by atoms with Crippen LogP contribution in [-0.4, -0.2) is 13.0 Å². The molecule has 0 aliphatic rings. The highest BCUT2D eigenvalue weighted by Gasteiger charge is 2.19. The molecule has 0 radical (unpaired) electrons. The molecule has 0 aliphatic carbocycles. The van der Waals surface area contributed by atoms with E-state index in [1.165, 1.54) is 12.1 Å². The Morgan fingerprint density at radius 3 is 1.65 bits per heavy atom. The first-order valence-corrected chi connectivity index (χ1v) is 9.36. The lowest BCUT2D eigenvalue weighted by Crippen LogP contribution is -2.02. The largest absolute Gasteiger partial charge is 0.457 e. The lowest BCUT2D eigenvalue weighted by Gasteiger charge is -2.12. The highest BCUT2D eigenvalue weighted by atomic mass is 32.2. The van der Waals surface area contributed by atoms with Gasteiger partial charge in [0.15, 0.2) is 0 Å². The van der Waals surface area contributed by atoms with E-state index in [0.717, 1.165) is 11.1 Å². The molecule has 3 rings (SSSR count). The third-order valence-corrected chi connectivity index (χ3v) is 4.57. The number of benzene rings is 3. The first-order chi connectivity index (χ1) is 12.3. The van der Waals surface area contributed by atoms with Crippen LogP contribution < -0.4 is 9.47 Å². The van der Waals surface area contributed by atoms with Crippen molar-refractivity contribution in [3.8, 4) is 23.0 Å². The normalized spacial score (nSPS) is 11.2. The summed E-state index contributed by atoms with van der Waals surface area (Å²) < 4.78 is 44.4. The van der Waals surface area contributed by atoms with Crippen molar-refractivity contribution in [1.82, 2.24) is 0 Å². The maximum absolute atomic E-state index is 11.8. The van der Waals surface area contributed by atoms with Gasteiger partial charge in [0.1, 0.15) is 27.9 Å². The molecule has 5 nitrogen and oxygen atoms in total. The van der Waals surface area contributed by atoms with Gasteiger partial charge in [-0.3, -0.25) is 4.55 Å². The van der Waals surface area contributed by atoms with E-state index in [-0.39, 0.29) is 16.4 Å². The molecule has 0 saturated heterocycles. The fraction of sp³-hybridized carbons (Fsp3) is 0.100. The van der Waals surface area contributed by atoms with Crippen LogP contribution in [-0.2, 0) is 10.1 Å². The lowest BCUT2D eigenvalue weighted by atomic mass is 10.2. The summed E-state index contributed by atoms with van der Waals surface area (Å²) in [4.78, 5) is -0.359. The van der Waals surface area contributed by atoms with E-state index >= 15 is 0 Å². The van der Waals surface area contributed by atoms with Gasteiger partial charge in [-0.15, -0.1) is 0 Å². The molecule has 0 fully saturated rings. The van der Waals surface area contributed by atoms with Crippen molar-refractivity contribution in [2.75, 3.05) is 0 Å². The molecule has 0 heterocycles. The Bertz CT molecular complexity index is 1010. The highest BCUT2D eigenvalue weighted by molar-refractivity contribution is 7.86. The highest BCUT2D eigenvalue weighted by Crippen LogP contribution is 2.33. The summed E-state index contributed by atoms with van der Waals surface area (Å²) in [5.41, 5.74) is 2.13. The molecule has 3 aromatic carbocycles. The molecule has 0 aromatic heterocycles. The zero-order valence-corrected chi connectivity index (χ0v) is 15.2. The van der Waals surface area contributed by atoms with E-state index in [2.05, 4.69) is 0 Å². The van der Waals surface area contributed by atoms with Crippen LogP contribution in [0.2, 0.25) is 0 Å². The molecule has 1 N–H and O–H groups in total. The van der Waals surface area contributed by atoms with Gasteiger partial charge in [0, 0.05) is 6.07 Å². The Morgan fingerprint density at radius 2 is 1.15 bits per heavy atom. The molecule has 0 saturated carbocycles. The summed E-state index contributed by atoms with van der Waals surface area (Å²) in [6.07, 6.45) is 0. The van der Waals surface area contributed by atoms with Crippen LogP contribution in [0.15, 0.2) is 71.6 Å². The van der Waals surface area contributed by atoms with Crippen LogP contribution >= 0.6 is 0 Å². The van der Waals surface area contributed by atoms with Crippen molar-refractivity contribution in [1.29, 1.82) is 0 Å². The third kappa shape index (κ3) is 4.41. The van der Waals surface area contributed by atoms with Gasteiger partial charge in [-0.25, -0.2) is 0 Å². The molecule has 0 aliphatic heterocycles. The number of hydrogen-bond acceptors (Lipinski definition) is 4. The van der Waals surface area contributed by atoms with Gasteiger partial charge >= 0.3 is 0 Å². The fourth-order valence-corrected chi connectivity index (χ4v) is 2.94. The Morgan fingerprint density at radius 1 is 0.692 bits per heavy atom. The van der Waals surface area contributed by atoms with E-state index in [1.807, 2.05) is 38.1 Å². The summed E-state index contributed by atoms with van der Waals surface area (Å²) in [6, 6.07) is 18.7.